The summed E-state index contributed by atoms with van der Waals surface area (Å²) in [6.45, 7) is 2.81. The molecule has 1 aliphatic heterocycles. The topological polar surface area (TPSA) is 132 Å². The molecule has 0 bridgehead atoms. The Morgan fingerprint density at radius 3 is 2.64 bits per heavy atom. The van der Waals surface area contributed by atoms with Gasteiger partial charge < -0.3 is 34.3 Å². The second-order valence-corrected chi connectivity index (χ2v) is 6.90. The molecule has 1 heterocycles. The van der Waals surface area contributed by atoms with Crippen LogP contribution in [0.15, 0.2) is 0 Å². The van der Waals surface area contributed by atoms with Gasteiger partial charge in [-0.25, -0.2) is 4.79 Å². The van der Waals surface area contributed by atoms with E-state index in [1.54, 1.807) is 11.8 Å². The molecule has 1 aliphatic rings. The summed E-state index contributed by atoms with van der Waals surface area (Å²) in [5.74, 6) is -2.02. The molecule has 1 saturated heterocycles. The average Bonchev–Trinajstić information content (AvgIpc) is 2.58. The molecule has 3 N–H and O–H groups in total. The van der Waals surface area contributed by atoms with Gasteiger partial charge in [-0.3, -0.25) is 4.79 Å². The fourth-order valence-corrected chi connectivity index (χ4v) is 2.89. The van der Waals surface area contributed by atoms with E-state index in [2.05, 4.69) is 4.74 Å². The summed E-state index contributed by atoms with van der Waals surface area (Å²) >= 11 is 1.58. The van der Waals surface area contributed by atoms with Crippen LogP contribution in [0.1, 0.15) is 20.3 Å². The second kappa shape index (κ2) is 10.3. The maximum absolute atomic E-state index is 12.2. The minimum atomic E-state index is -1.95. The summed E-state index contributed by atoms with van der Waals surface area (Å²) in [5, 5.41) is 30.3. The average molecular weight is 382 g/mol. The highest BCUT2D eigenvalue weighted by Gasteiger charge is 2.55. The highest BCUT2D eigenvalue weighted by molar-refractivity contribution is 7.99. The lowest BCUT2D eigenvalue weighted by Gasteiger charge is -2.44. The highest BCUT2D eigenvalue weighted by Crippen LogP contribution is 2.33. The van der Waals surface area contributed by atoms with Gasteiger partial charge in [0.25, 0.3) is 5.79 Å². The molecule has 1 fully saturated rings. The fourth-order valence-electron chi connectivity index (χ4n) is 2.41. The van der Waals surface area contributed by atoms with E-state index in [0.29, 0.717) is 5.75 Å². The molecule has 1 unspecified atom stereocenters. The summed E-state index contributed by atoms with van der Waals surface area (Å²) in [6, 6.07) is 0. The van der Waals surface area contributed by atoms with Gasteiger partial charge in [-0.15, -0.1) is 0 Å². The van der Waals surface area contributed by atoms with Crippen molar-refractivity contribution in [3.8, 4) is 0 Å². The molecule has 10 heteroatoms. The first-order valence-electron chi connectivity index (χ1n) is 7.93. The van der Waals surface area contributed by atoms with Crippen LogP contribution in [0.4, 0.5) is 0 Å². The van der Waals surface area contributed by atoms with Crippen molar-refractivity contribution in [3.63, 3.8) is 0 Å². The van der Waals surface area contributed by atoms with Crippen LogP contribution in [0.5, 0.6) is 0 Å². The number of aliphatic hydroxyl groups is 3. The van der Waals surface area contributed by atoms with Crippen LogP contribution < -0.4 is 0 Å². The Bertz CT molecular complexity index is 447. The molecule has 0 aromatic rings. The zero-order chi connectivity index (χ0) is 19.0. The van der Waals surface area contributed by atoms with Crippen molar-refractivity contribution in [1.82, 2.24) is 0 Å². The zero-order valence-electron chi connectivity index (χ0n) is 14.5. The molecule has 0 spiro atoms. The first-order chi connectivity index (χ1) is 11.8. The number of methoxy groups -OCH3 is 1. The van der Waals surface area contributed by atoms with E-state index in [4.69, 9.17) is 14.2 Å². The molecule has 5 atom stereocenters. The van der Waals surface area contributed by atoms with Crippen LogP contribution in [0.2, 0.25) is 0 Å². The molecule has 0 radical (unpaired) electrons. The van der Waals surface area contributed by atoms with E-state index in [1.165, 1.54) is 0 Å². The number of carbonyl (C=O) groups excluding carboxylic acids is 2. The number of carbonyl (C=O) groups is 2. The third-order valence-corrected chi connectivity index (χ3v) is 4.50. The van der Waals surface area contributed by atoms with E-state index < -0.39 is 48.7 Å². The molecule has 0 saturated carbocycles. The molecule has 0 amide bonds. The SMILES string of the molecule is CCSCCO[C@]1(C(=O)OC)C[C@@H](O)[C@@H](O)C([C@H](O)COC(C)=O)O1. The summed E-state index contributed by atoms with van der Waals surface area (Å²) in [4.78, 5) is 23.1. The van der Waals surface area contributed by atoms with Crippen molar-refractivity contribution in [2.45, 2.75) is 50.5 Å². The molecule has 1 rings (SSSR count). The van der Waals surface area contributed by atoms with Gasteiger partial charge >= 0.3 is 11.9 Å². The van der Waals surface area contributed by atoms with Crippen LogP contribution in [-0.4, -0.2) is 89.3 Å². The van der Waals surface area contributed by atoms with Gasteiger partial charge in [0.15, 0.2) is 0 Å². The quantitative estimate of drug-likeness (QED) is 0.339. The van der Waals surface area contributed by atoms with E-state index in [9.17, 15) is 24.9 Å². The largest absolute Gasteiger partial charge is 0.465 e. The number of rotatable bonds is 9. The van der Waals surface area contributed by atoms with Gasteiger partial charge in [0.1, 0.15) is 24.9 Å². The maximum atomic E-state index is 12.2. The number of aliphatic hydroxyl groups excluding tert-OH is 3. The number of hydrogen-bond donors (Lipinski definition) is 3. The summed E-state index contributed by atoms with van der Waals surface area (Å²) in [6.07, 6.45) is -6.11. The fraction of sp³-hybridized carbons (Fsp3) is 0.867. The van der Waals surface area contributed by atoms with Crippen molar-refractivity contribution < 1.29 is 43.9 Å². The number of thioether (sulfide) groups is 1. The van der Waals surface area contributed by atoms with Gasteiger partial charge in [0.2, 0.25) is 0 Å². The highest BCUT2D eigenvalue weighted by atomic mass is 32.2. The summed E-state index contributed by atoms with van der Waals surface area (Å²) in [5.41, 5.74) is 0. The molecule has 0 aromatic carbocycles. The monoisotopic (exact) mass is 382 g/mol. The lowest BCUT2D eigenvalue weighted by molar-refractivity contribution is -0.323. The predicted octanol–water partition coefficient (Wildman–Crippen LogP) is -0.940. The minimum absolute atomic E-state index is 0.142. The molecule has 0 aromatic heterocycles. The third kappa shape index (κ3) is 6.08. The van der Waals surface area contributed by atoms with E-state index in [0.717, 1.165) is 19.8 Å². The molecule has 9 nitrogen and oxygen atoms in total. The van der Waals surface area contributed by atoms with Crippen molar-refractivity contribution in [3.05, 3.63) is 0 Å². The number of hydrogen-bond acceptors (Lipinski definition) is 10. The van der Waals surface area contributed by atoms with Crippen molar-refractivity contribution in [1.29, 1.82) is 0 Å². The number of ether oxygens (including phenoxy) is 4. The van der Waals surface area contributed by atoms with Gasteiger partial charge in [-0.05, 0) is 5.75 Å². The van der Waals surface area contributed by atoms with Crippen molar-refractivity contribution >= 4 is 23.7 Å². The van der Waals surface area contributed by atoms with E-state index in [-0.39, 0.29) is 13.0 Å². The van der Waals surface area contributed by atoms with Gasteiger partial charge in [0.05, 0.1) is 19.8 Å². The first kappa shape index (κ1) is 22.1. The molecular formula is C15H26O9S. The standard InChI is InChI=1S/C15H26O9S/c1-4-25-6-5-23-15(14(20)21-3)7-10(17)12(19)13(24-15)11(18)8-22-9(2)16/h10-13,17-19H,4-8H2,1-3H3/t10-,11-,12-,13?,15-/m1/s1. The van der Waals surface area contributed by atoms with Crippen LogP contribution in [0.3, 0.4) is 0 Å². The predicted molar refractivity (Wildman–Crippen MR) is 87.8 cm³/mol. The lowest BCUT2D eigenvalue weighted by Crippen LogP contribution is -2.63. The minimum Gasteiger partial charge on any atom is -0.465 e. The molecule has 25 heavy (non-hydrogen) atoms. The molecule has 0 aliphatic carbocycles. The Labute approximate surface area is 150 Å². The van der Waals surface area contributed by atoms with Crippen LogP contribution in [-0.2, 0) is 28.5 Å². The Morgan fingerprint density at radius 2 is 2.08 bits per heavy atom. The zero-order valence-corrected chi connectivity index (χ0v) is 15.4. The van der Waals surface area contributed by atoms with E-state index >= 15 is 0 Å². The number of esters is 2. The Kier molecular flexibility index (Phi) is 9.11. The Balaban J connectivity index is 2.91. The van der Waals surface area contributed by atoms with Gasteiger partial charge in [-0.2, -0.15) is 11.8 Å². The van der Waals surface area contributed by atoms with Crippen LogP contribution >= 0.6 is 11.8 Å². The summed E-state index contributed by atoms with van der Waals surface area (Å²) < 4.78 is 20.5. The summed E-state index contributed by atoms with van der Waals surface area (Å²) in [7, 11) is 1.14. The smallest absolute Gasteiger partial charge is 0.366 e. The van der Waals surface area contributed by atoms with Gasteiger partial charge in [-0.1, -0.05) is 6.92 Å². The van der Waals surface area contributed by atoms with Crippen molar-refractivity contribution in [2.24, 2.45) is 0 Å². The van der Waals surface area contributed by atoms with Crippen LogP contribution in [0, 0.1) is 0 Å². The normalized spacial score (nSPS) is 30.6. The lowest BCUT2D eigenvalue weighted by atomic mass is 9.92. The van der Waals surface area contributed by atoms with Crippen LogP contribution in [0.25, 0.3) is 0 Å². The second-order valence-electron chi connectivity index (χ2n) is 5.50. The molecule has 146 valence electrons. The Hall–Kier alpha value is -0.910. The van der Waals surface area contributed by atoms with Crippen molar-refractivity contribution in [2.75, 3.05) is 31.8 Å². The van der Waals surface area contributed by atoms with Gasteiger partial charge in [0, 0.05) is 19.1 Å². The Morgan fingerprint density at radius 1 is 1.40 bits per heavy atom. The first-order valence-corrected chi connectivity index (χ1v) is 9.08. The van der Waals surface area contributed by atoms with E-state index in [1.807, 2.05) is 6.92 Å². The maximum Gasteiger partial charge on any atom is 0.366 e. The molecular weight excluding hydrogens is 356 g/mol. The third-order valence-electron chi connectivity index (χ3n) is 3.64.